The van der Waals surface area contributed by atoms with Crippen molar-refractivity contribution in [1.29, 1.82) is 0 Å². The average Bonchev–Trinajstić information content (AvgIpc) is 2.97. The molecule has 19 heavy (non-hydrogen) atoms. The predicted molar refractivity (Wildman–Crippen MR) is 68.9 cm³/mol. The van der Waals surface area contributed by atoms with Gasteiger partial charge >= 0.3 is 12.0 Å². The zero-order valence-corrected chi connectivity index (χ0v) is 11.3. The Kier molecular flexibility index (Phi) is 4.63. The van der Waals surface area contributed by atoms with Gasteiger partial charge in [-0.1, -0.05) is 0 Å². The quantitative estimate of drug-likeness (QED) is 0.800. The van der Waals surface area contributed by atoms with E-state index < -0.39 is 5.97 Å². The molecule has 2 aliphatic heterocycles. The van der Waals surface area contributed by atoms with Crippen molar-refractivity contribution in [3.8, 4) is 0 Å². The molecule has 108 valence electrons. The maximum Gasteiger partial charge on any atom is 0.317 e. The van der Waals surface area contributed by atoms with E-state index in [1.54, 1.807) is 4.90 Å². The summed E-state index contributed by atoms with van der Waals surface area (Å²) in [5, 5.41) is 11.7. The van der Waals surface area contributed by atoms with Gasteiger partial charge in [0.2, 0.25) is 0 Å². The second-order valence-electron chi connectivity index (χ2n) is 5.49. The summed E-state index contributed by atoms with van der Waals surface area (Å²) in [5.74, 6) is -0.707. The normalized spacial score (nSPS) is 28.4. The van der Waals surface area contributed by atoms with E-state index in [2.05, 4.69) is 5.32 Å². The molecular formula is C13H22N2O4. The SMILES string of the molecule is CC(NC(=O)N1CCC(CC(=O)O)C1)C1CCCO1. The molecular weight excluding hydrogens is 248 g/mol. The van der Waals surface area contributed by atoms with Crippen molar-refractivity contribution in [2.75, 3.05) is 19.7 Å². The van der Waals surface area contributed by atoms with Gasteiger partial charge in [0, 0.05) is 26.1 Å². The minimum atomic E-state index is -0.792. The van der Waals surface area contributed by atoms with E-state index in [9.17, 15) is 9.59 Å². The van der Waals surface area contributed by atoms with Crippen molar-refractivity contribution < 1.29 is 19.4 Å². The molecule has 2 amide bonds. The number of carboxylic acids is 1. The second-order valence-corrected chi connectivity index (χ2v) is 5.49. The van der Waals surface area contributed by atoms with Crippen molar-refractivity contribution in [2.24, 2.45) is 5.92 Å². The van der Waals surface area contributed by atoms with Crippen LogP contribution in [-0.4, -0.2) is 53.8 Å². The fourth-order valence-electron chi connectivity index (χ4n) is 2.81. The monoisotopic (exact) mass is 270 g/mol. The summed E-state index contributed by atoms with van der Waals surface area (Å²) >= 11 is 0. The van der Waals surface area contributed by atoms with E-state index in [4.69, 9.17) is 9.84 Å². The molecule has 2 aliphatic rings. The van der Waals surface area contributed by atoms with Gasteiger partial charge < -0.3 is 20.1 Å². The number of urea groups is 1. The van der Waals surface area contributed by atoms with Gasteiger partial charge in [0.05, 0.1) is 12.1 Å². The Labute approximate surface area is 113 Å². The van der Waals surface area contributed by atoms with E-state index in [1.807, 2.05) is 6.92 Å². The summed E-state index contributed by atoms with van der Waals surface area (Å²) < 4.78 is 5.54. The van der Waals surface area contributed by atoms with Crippen LogP contribution in [0.3, 0.4) is 0 Å². The highest BCUT2D eigenvalue weighted by atomic mass is 16.5. The van der Waals surface area contributed by atoms with Crippen molar-refractivity contribution in [3.05, 3.63) is 0 Å². The molecule has 2 rings (SSSR count). The van der Waals surface area contributed by atoms with Gasteiger partial charge in [0.15, 0.2) is 0 Å². The summed E-state index contributed by atoms with van der Waals surface area (Å²) in [4.78, 5) is 24.4. The first-order valence-corrected chi connectivity index (χ1v) is 6.95. The maximum atomic E-state index is 12.1. The molecule has 3 atom stereocenters. The molecule has 0 aromatic heterocycles. The third-order valence-electron chi connectivity index (χ3n) is 3.91. The lowest BCUT2D eigenvalue weighted by Crippen LogP contribution is -2.47. The summed E-state index contributed by atoms with van der Waals surface area (Å²) in [7, 11) is 0. The molecule has 2 fully saturated rings. The van der Waals surface area contributed by atoms with Crippen molar-refractivity contribution in [3.63, 3.8) is 0 Å². The number of ether oxygens (including phenoxy) is 1. The van der Waals surface area contributed by atoms with Crippen molar-refractivity contribution in [2.45, 2.75) is 44.8 Å². The van der Waals surface area contributed by atoms with Crippen LogP contribution in [0.5, 0.6) is 0 Å². The number of carbonyl (C=O) groups is 2. The van der Waals surface area contributed by atoms with Crippen LogP contribution < -0.4 is 5.32 Å². The smallest absolute Gasteiger partial charge is 0.317 e. The van der Waals surface area contributed by atoms with Crippen molar-refractivity contribution in [1.82, 2.24) is 10.2 Å². The Hall–Kier alpha value is -1.30. The molecule has 2 saturated heterocycles. The largest absolute Gasteiger partial charge is 0.481 e. The third kappa shape index (κ3) is 3.83. The first-order valence-electron chi connectivity index (χ1n) is 6.95. The molecule has 0 aliphatic carbocycles. The van der Waals surface area contributed by atoms with E-state index in [0.29, 0.717) is 13.1 Å². The molecule has 0 bridgehead atoms. The lowest BCUT2D eigenvalue weighted by molar-refractivity contribution is -0.138. The highest BCUT2D eigenvalue weighted by Gasteiger charge is 2.30. The number of likely N-dealkylation sites (tertiary alicyclic amines) is 1. The van der Waals surface area contributed by atoms with E-state index in [-0.39, 0.29) is 30.5 Å². The zero-order chi connectivity index (χ0) is 13.8. The van der Waals surface area contributed by atoms with Gasteiger partial charge in [-0.2, -0.15) is 0 Å². The van der Waals surface area contributed by atoms with Gasteiger partial charge in [-0.25, -0.2) is 4.79 Å². The highest BCUT2D eigenvalue weighted by molar-refractivity contribution is 5.75. The Morgan fingerprint density at radius 3 is 2.89 bits per heavy atom. The molecule has 0 saturated carbocycles. The first-order chi connectivity index (χ1) is 9.06. The predicted octanol–water partition coefficient (Wildman–Crippen LogP) is 1.06. The van der Waals surface area contributed by atoms with Crippen LogP contribution in [0, 0.1) is 5.92 Å². The third-order valence-corrected chi connectivity index (χ3v) is 3.91. The zero-order valence-electron chi connectivity index (χ0n) is 11.3. The minimum Gasteiger partial charge on any atom is -0.481 e. The highest BCUT2D eigenvalue weighted by Crippen LogP contribution is 2.20. The van der Waals surface area contributed by atoms with Crippen LogP contribution in [0.25, 0.3) is 0 Å². The van der Waals surface area contributed by atoms with Crippen LogP contribution in [0.1, 0.15) is 32.6 Å². The molecule has 2 N–H and O–H groups in total. The molecule has 2 heterocycles. The van der Waals surface area contributed by atoms with Crippen LogP contribution >= 0.6 is 0 Å². The minimum absolute atomic E-state index is 0.00789. The van der Waals surface area contributed by atoms with Crippen LogP contribution in [-0.2, 0) is 9.53 Å². The lowest BCUT2D eigenvalue weighted by Gasteiger charge is -2.24. The first kappa shape index (κ1) is 14.1. The van der Waals surface area contributed by atoms with Crippen LogP contribution in [0.15, 0.2) is 0 Å². The molecule has 6 heteroatoms. The average molecular weight is 270 g/mol. The van der Waals surface area contributed by atoms with Crippen LogP contribution in [0.4, 0.5) is 4.79 Å². The Bertz CT molecular complexity index is 342. The molecule has 0 spiro atoms. The van der Waals surface area contributed by atoms with Gasteiger partial charge in [-0.3, -0.25) is 4.79 Å². The second kappa shape index (κ2) is 6.23. The van der Waals surface area contributed by atoms with Gasteiger partial charge in [-0.05, 0) is 32.1 Å². The molecule has 3 unspecified atom stereocenters. The maximum absolute atomic E-state index is 12.1. The number of nitrogens with one attached hydrogen (secondary N) is 1. The Balaban J connectivity index is 1.76. The number of aliphatic carboxylic acids is 1. The lowest BCUT2D eigenvalue weighted by atomic mass is 10.1. The van der Waals surface area contributed by atoms with Crippen molar-refractivity contribution >= 4 is 12.0 Å². The molecule has 6 nitrogen and oxygen atoms in total. The number of rotatable bonds is 4. The molecule has 0 radical (unpaired) electrons. The topological polar surface area (TPSA) is 78.9 Å². The van der Waals surface area contributed by atoms with Gasteiger partial charge in [-0.15, -0.1) is 0 Å². The number of amides is 2. The number of hydrogen-bond acceptors (Lipinski definition) is 3. The Morgan fingerprint density at radius 2 is 2.26 bits per heavy atom. The van der Waals surface area contributed by atoms with Gasteiger partial charge in [0.1, 0.15) is 0 Å². The van der Waals surface area contributed by atoms with Crippen LogP contribution in [0.2, 0.25) is 0 Å². The molecule has 0 aromatic rings. The summed E-state index contributed by atoms with van der Waals surface area (Å²) in [5.41, 5.74) is 0. The molecule has 0 aromatic carbocycles. The number of carboxylic acid groups (broad SMARTS) is 1. The van der Waals surface area contributed by atoms with E-state index in [1.165, 1.54) is 0 Å². The summed E-state index contributed by atoms with van der Waals surface area (Å²) in [6, 6.07) is -0.0931. The standard InChI is InChI=1S/C13H22N2O4/c1-9(11-3-2-6-19-11)14-13(18)15-5-4-10(8-15)7-12(16)17/h9-11H,2-8H2,1H3,(H,14,18)(H,16,17). The summed E-state index contributed by atoms with van der Waals surface area (Å²) in [6.07, 6.45) is 3.07. The number of carbonyl (C=O) groups excluding carboxylic acids is 1. The summed E-state index contributed by atoms with van der Waals surface area (Å²) in [6.45, 7) is 3.91. The Morgan fingerprint density at radius 1 is 1.47 bits per heavy atom. The number of nitrogens with zero attached hydrogens (tertiary/aromatic N) is 1. The number of hydrogen-bond donors (Lipinski definition) is 2. The van der Waals surface area contributed by atoms with Gasteiger partial charge in [0.25, 0.3) is 0 Å². The van der Waals surface area contributed by atoms with E-state index in [0.717, 1.165) is 25.9 Å². The fourth-order valence-corrected chi connectivity index (χ4v) is 2.81. The fraction of sp³-hybridized carbons (Fsp3) is 0.846. The van der Waals surface area contributed by atoms with E-state index >= 15 is 0 Å².